The quantitative estimate of drug-likeness (QED) is 0.703. The van der Waals surface area contributed by atoms with Gasteiger partial charge in [-0.15, -0.1) is 0 Å². The number of carbonyl (C=O) groups excluding carboxylic acids is 2. The molecular weight excluding hydrogens is 334 g/mol. The average Bonchev–Trinajstić information content (AvgIpc) is 3.08. The van der Waals surface area contributed by atoms with Crippen LogP contribution in [0.3, 0.4) is 0 Å². The minimum Gasteiger partial charge on any atom is -0.387 e. The molecule has 1 fully saturated rings. The first-order valence-corrected chi connectivity index (χ1v) is 8.60. The number of aliphatic hydroxyl groups excluding tert-OH is 1. The first-order valence-electron chi connectivity index (χ1n) is 8.60. The molecule has 0 spiro atoms. The van der Waals surface area contributed by atoms with E-state index < -0.39 is 12.1 Å². The van der Waals surface area contributed by atoms with E-state index in [0.717, 1.165) is 10.5 Å². The molecule has 26 heavy (non-hydrogen) atoms. The van der Waals surface area contributed by atoms with E-state index in [1.54, 1.807) is 13.4 Å². The number of aliphatic hydroxyl groups is 1. The number of nitrogens with one attached hydrogen (secondary N) is 1. The highest BCUT2D eigenvalue weighted by Crippen LogP contribution is 2.17. The van der Waals surface area contributed by atoms with Crippen LogP contribution in [0, 0.1) is 0 Å². The summed E-state index contributed by atoms with van der Waals surface area (Å²) in [4.78, 5) is 31.2. The molecule has 138 valence electrons. The van der Waals surface area contributed by atoms with Crippen LogP contribution in [0.5, 0.6) is 0 Å². The molecule has 8 heteroatoms. The molecule has 3 amide bonds. The van der Waals surface area contributed by atoms with Crippen molar-refractivity contribution in [3.63, 3.8) is 0 Å². The van der Waals surface area contributed by atoms with Crippen LogP contribution >= 0.6 is 0 Å². The highest BCUT2D eigenvalue weighted by Gasteiger charge is 2.50. The maximum atomic E-state index is 12.4. The standard InChI is InChI=1S/C18H24N5O3/c1-12(15(24)13-7-5-4-6-8-13)19-9-10-23-11-20-16-14(23)17(25)22(3)18(26)21(16)2/h4-8,11-12,14-15,19,24H,9-10H2,1-3H3/q+1. The highest BCUT2D eigenvalue weighted by atomic mass is 16.3. The van der Waals surface area contributed by atoms with Gasteiger partial charge in [0.2, 0.25) is 0 Å². The number of amidine groups is 1. The molecule has 0 saturated carbocycles. The van der Waals surface area contributed by atoms with Gasteiger partial charge < -0.3 is 10.4 Å². The van der Waals surface area contributed by atoms with Crippen molar-refractivity contribution in [3.05, 3.63) is 35.9 Å². The zero-order valence-corrected chi connectivity index (χ0v) is 15.2. The summed E-state index contributed by atoms with van der Waals surface area (Å²) < 4.78 is 1.81. The lowest BCUT2D eigenvalue weighted by Crippen LogP contribution is -2.61. The molecular formula is C18H24N5O3+. The number of rotatable bonds is 6. The van der Waals surface area contributed by atoms with Crippen molar-refractivity contribution in [2.75, 3.05) is 27.2 Å². The molecule has 2 heterocycles. The van der Waals surface area contributed by atoms with Crippen molar-refractivity contribution in [3.8, 4) is 0 Å². The van der Waals surface area contributed by atoms with Gasteiger partial charge in [0.15, 0.2) is 0 Å². The predicted octanol–water partition coefficient (Wildman–Crippen LogP) is 0.0434. The Morgan fingerprint density at radius 2 is 1.92 bits per heavy atom. The summed E-state index contributed by atoms with van der Waals surface area (Å²) in [5.41, 5.74) is 0.857. The molecule has 3 rings (SSSR count). The second-order valence-corrected chi connectivity index (χ2v) is 6.58. The lowest BCUT2D eigenvalue weighted by Gasteiger charge is -2.30. The van der Waals surface area contributed by atoms with Crippen molar-refractivity contribution in [2.24, 2.45) is 4.99 Å². The van der Waals surface area contributed by atoms with E-state index in [4.69, 9.17) is 0 Å². The van der Waals surface area contributed by atoms with Crippen LogP contribution in [0.2, 0.25) is 0 Å². The van der Waals surface area contributed by atoms with Gasteiger partial charge in [-0.1, -0.05) is 30.3 Å². The lowest BCUT2D eigenvalue weighted by molar-refractivity contribution is -0.529. The number of carbonyl (C=O) groups is 2. The van der Waals surface area contributed by atoms with E-state index in [1.807, 2.05) is 41.8 Å². The molecule has 2 aliphatic rings. The number of hydrogen-bond acceptors (Lipinski definition) is 5. The Morgan fingerprint density at radius 1 is 1.23 bits per heavy atom. The van der Waals surface area contributed by atoms with Crippen molar-refractivity contribution in [2.45, 2.75) is 25.1 Å². The molecule has 1 aromatic rings. The van der Waals surface area contributed by atoms with E-state index in [0.29, 0.717) is 18.9 Å². The van der Waals surface area contributed by atoms with Gasteiger partial charge >= 0.3 is 6.03 Å². The maximum absolute atomic E-state index is 12.4. The molecule has 8 nitrogen and oxygen atoms in total. The smallest absolute Gasteiger partial charge is 0.333 e. The average molecular weight is 358 g/mol. The van der Waals surface area contributed by atoms with Crippen LogP contribution in [0.25, 0.3) is 0 Å². The summed E-state index contributed by atoms with van der Waals surface area (Å²) in [5.74, 6) is 0.174. The minimum atomic E-state index is -0.614. The third-order valence-electron chi connectivity index (χ3n) is 4.85. The van der Waals surface area contributed by atoms with Gasteiger partial charge in [-0.3, -0.25) is 14.6 Å². The minimum absolute atomic E-state index is 0.144. The van der Waals surface area contributed by atoms with Crippen molar-refractivity contribution < 1.29 is 19.3 Å². The zero-order valence-electron chi connectivity index (χ0n) is 15.2. The summed E-state index contributed by atoms with van der Waals surface area (Å²) >= 11 is 0. The topological polar surface area (TPSA) is 88.2 Å². The highest BCUT2D eigenvalue weighted by molar-refractivity contribution is 6.21. The molecule has 3 atom stereocenters. The van der Waals surface area contributed by atoms with Gasteiger partial charge in [0.25, 0.3) is 24.1 Å². The monoisotopic (exact) mass is 358 g/mol. The molecule has 3 unspecified atom stereocenters. The number of benzene rings is 1. The Bertz CT molecular complexity index is 761. The van der Waals surface area contributed by atoms with E-state index >= 15 is 0 Å². The fourth-order valence-electron chi connectivity index (χ4n) is 3.20. The number of imide groups is 1. The van der Waals surface area contributed by atoms with E-state index in [2.05, 4.69) is 10.3 Å². The fourth-order valence-corrected chi connectivity index (χ4v) is 3.20. The third kappa shape index (κ3) is 3.25. The van der Waals surface area contributed by atoms with Crippen LogP contribution in [-0.4, -0.2) is 82.9 Å². The SMILES string of the molecule is CC(NCC[N+]1=CN=C2C1C(=O)N(C)C(=O)N2C)C(O)c1ccccc1. The number of aliphatic imine (C=N–C) groups is 1. The van der Waals surface area contributed by atoms with E-state index in [-0.39, 0.29) is 18.0 Å². The molecule has 2 aliphatic heterocycles. The largest absolute Gasteiger partial charge is 0.387 e. The molecule has 1 aromatic carbocycles. The van der Waals surface area contributed by atoms with Crippen LogP contribution < -0.4 is 5.32 Å². The maximum Gasteiger partial charge on any atom is 0.333 e. The predicted molar refractivity (Wildman–Crippen MR) is 97.2 cm³/mol. The normalized spacial score (nSPS) is 22.1. The number of fused-ring (bicyclic) bond motifs is 1. The Kier molecular flexibility index (Phi) is 5.15. The zero-order chi connectivity index (χ0) is 18.8. The molecule has 0 aromatic heterocycles. The van der Waals surface area contributed by atoms with Crippen molar-refractivity contribution >= 4 is 24.1 Å². The first-order chi connectivity index (χ1) is 12.4. The number of nitrogens with zero attached hydrogens (tertiary/aromatic N) is 4. The summed E-state index contributed by atoms with van der Waals surface area (Å²) in [6.45, 7) is 3.01. The number of likely N-dealkylation sites (N-methyl/N-ethyl adjacent to an activating group) is 2. The second kappa shape index (κ2) is 7.35. The number of hydrogen-bond donors (Lipinski definition) is 2. The van der Waals surface area contributed by atoms with Gasteiger partial charge in [0, 0.05) is 26.7 Å². The first kappa shape index (κ1) is 18.2. The van der Waals surface area contributed by atoms with Gasteiger partial charge in [0.05, 0.1) is 12.6 Å². The summed E-state index contributed by atoms with van der Waals surface area (Å²) in [6, 6.07) is 8.39. The van der Waals surface area contributed by atoms with Gasteiger partial charge in [-0.25, -0.2) is 9.37 Å². The van der Waals surface area contributed by atoms with Gasteiger partial charge in [-0.2, -0.15) is 0 Å². The summed E-state index contributed by atoms with van der Waals surface area (Å²) in [5, 5.41) is 13.7. The van der Waals surface area contributed by atoms with Gasteiger partial charge in [0.1, 0.15) is 0 Å². The summed E-state index contributed by atoms with van der Waals surface area (Å²) in [6.07, 6.45) is 0.984. The van der Waals surface area contributed by atoms with Crippen LogP contribution in [0.4, 0.5) is 4.79 Å². The molecule has 1 saturated heterocycles. The van der Waals surface area contributed by atoms with Gasteiger partial charge in [-0.05, 0) is 17.5 Å². The van der Waals surface area contributed by atoms with E-state index in [1.165, 1.54) is 11.9 Å². The summed E-state index contributed by atoms with van der Waals surface area (Å²) in [7, 11) is 3.09. The van der Waals surface area contributed by atoms with E-state index in [9.17, 15) is 14.7 Å². The van der Waals surface area contributed by atoms with Crippen LogP contribution in [0.15, 0.2) is 35.3 Å². The Morgan fingerprint density at radius 3 is 2.62 bits per heavy atom. The Hall–Kier alpha value is -2.58. The lowest BCUT2D eigenvalue weighted by atomic mass is 10.0. The van der Waals surface area contributed by atoms with Crippen molar-refractivity contribution in [1.29, 1.82) is 0 Å². The number of urea groups is 1. The van der Waals surface area contributed by atoms with Crippen LogP contribution in [0.1, 0.15) is 18.6 Å². The Balaban J connectivity index is 1.56. The molecule has 2 N–H and O–H groups in total. The molecule has 0 aliphatic carbocycles. The molecule has 0 bridgehead atoms. The third-order valence-corrected chi connectivity index (χ3v) is 4.85. The Labute approximate surface area is 152 Å². The van der Waals surface area contributed by atoms with Crippen LogP contribution in [-0.2, 0) is 4.79 Å². The molecule has 0 radical (unpaired) electrons. The second-order valence-electron chi connectivity index (χ2n) is 6.58. The number of amides is 3. The fraction of sp³-hybridized carbons (Fsp3) is 0.444. The van der Waals surface area contributed by atoms with Crippen molar-refractivity contribution in [1.82, 2.24) is 15.1 Å².